The maximum Gasteiger partial charge on any atom is 0.318 e. The van der Waals surface area contributed by atoms with Crippen molar-refractivity contribution in [1.82, 2.24) is 15.5 Å². The van der Waals surface area contributed by atoms with Crippen molar-refractivity contribution >= 4 is 17.6 Å². The normalized spacial score (nSPS) is 16.0. The van der Waals surface area contributed by atoms with E-state index in [-0.39, 0.29) is 23.8 Å². The van der Waals surface area contributed by atoms with E-state index in [1.165, 1.54) is 12.1 Å². The van der Waals surface area contributed by atoms with Crippen LogP contribution in [0.4, 0.5) is 14.9 Å². The number of nitrogens with one attached hydrogen (secondary N) is 2. The number of anilines is 1. The number of urea groups is 1. The highest BCUT2D eigenvalue weighted by Crippen LogP contribution is 2.16. The van der Waals surface area contributed by atoms with Gasteiger partial charge < -0.3 is 20.4 Å². The summed E-state index contributed by atoms with van der Waals surface area (Å²) in [5.74, 6) is -0.450. The third-order valence-corrected chi connectivity index (χ3v) is 3.92. The summed E-state index contributed by atoms with van der Waals surface area (Å²) in [5, 5.41) is 5.50. The molecule has 1 aromatic carbocycles. The lowest BCUT2D eigenvalue weighted by Crippen LogP contribution is -2.55. The van der Waals surface area contributed by atoms with Gasteiger partial charge in [-0.15, -0.1) is 0 Å². The Labute approximate surface area is 142 Å². The summed E-state index contributed by atoms with van der Waals surface area (Å²) in [4.78, 5) is 27.9. The highest BCUT2D eigenvalue weighted by Gasteiger charge is 2.24. The quantitative estimate of drug-likeness (QED) is 0.877. The molecule has 1 atom stereocenters. The molecule has 0 aliphatic carbocycles. The van der Waals surface area contributed by atoms with E-state index >= 15 is 0 Å². The summed E-state index contributed by atoms with van der Waals surface area (Å²) in [6.07, 6.45) is 0. The fourth-order valence-corrected chi connectivity index (χ4v) is 2.57. The molecule has 0 unspecified atom stereocenters. The largest absolute Gasteiger partial charge is 0.368 e. The van der Waals surface area contributed by atoms with Crippen molar-refractivity contribution in [3.63, 3.8) is 0 Å². The minimum Gasteiger partial charge on any atom is -0.368 e. The van der Waals surface area contributed by atoms with Crippen LogP contribution in [0.1, 0.15) is 20.8 Å². The van der Waals surface area contributed by atoms with Gasteiger partial charge in [-0.25, -0.2) is 9.18 Å². The summed E-state index contributed by atoms with van der Waals surface area (Å²) in [5.41, 5.74) is 0.945. The zero-order chi connectivity index (χ0) is 17.7. The van der Waals surface area contributed by atoms with Gasteiger partial charge >= 0.3 is 6.03 Å². The summed E-state index contributed by atoms with van der Waals surface area (Å²) >= 11 is 0. The van der Waals surface area contributed by atoms with Crippen LogP contribution >= 0.6 is 0 Å². The molecular formula is C17H25FN4O2. The van der Waals surface area contributed by atoms with E-state index in [1.54, 1.807) is 24.0 Å². The molecule has 132 valence electrons. The molecule has 0 saturated carbocycles. The van der Waals surface area contributed by atoms with E-state index in [0.29, 0.717) is 26.2 Å². The molecule has 3 amide bonds. The van der Waals surface area contributed by atoms with Gasteiger partial charge in [-0.3, -0.25) is 4.79 Å². The van der Waals surface area contributed by atoms with Gasteiger partial charge in [0.25, 0.3) is 0 Å². The summed E-state index contributed by atoms with van der Waals surface area (Å²) in [6, 6.07) is 5.57. The average Bonchev–Trinajstić information content (AvgIpc) is 2.55. The molecule has 1 saturated heterocycles. The van der Waals surface area contributed by atoms with E-state index in [0.717, 1.165) is 5.69 Å². The molecule has 24 heavy (non-hydrogen) atoms. The second kappa shape index (κ2) is 7.99. The Morgan fingerprint density at radius 2 is 1.58 bits per heavy atom. The lowest BCUT2D eigenvalue weighted by atomic mass is 10.2. The topological polar surface area (TPSA) is 64.7 Å². The second-order valence-corrected chi connectivity index (χ2v) is 6.28. The zero-order valence-electron chi connectivity index (χ0n) is 14.4. The van der Waals surface area contributed by atoms with Crippen LogP contribution in [-0.4, -0.2) is 55.1 Å². The van der Waals surface area contributed by atoms with Gasteiger partial charge in [0.05, 0.1) is 0 Å². The fourth-order valence-electron chi connectivity index (χ4n) is 2.57. The Morgan fingerprint density at radius 1 is 1.00 bits per heavy atom. The van der Waals surface area contributed by atoms with E-state index in [9.17, 15) is 14.0 Å². The van der Waals surface area contributed by atoms with Crippen LogP contribution in [0.2, 0.25) is 0 Å². The fraction of sp³-hybridized carbons (Fsp3) is 0.529. The highest BCUT2D eigenvalue weighted by molar-refractivity contribution is 5.86. The average molecular weight is 336 g/mol. The Balaban J connectivity index is 1.82. The first-order valence-corrected chi connectivity index (χ1v) is 8.23. The Kier molecular flexibility index (Phi) is 6.00. The van der Waals surface area contributed by atoms with E-state index < -0.39 is 6.04 Å². The number of carbonyl (C=O) groups is 2. The molecule has 1 aliphatic heterocycles. The molecule has 7 heteroatoms. The van der Waals surface area contributed by atoms with Crippen LogP contribution in [0.3, 0.4) is 0 Å². The van der Waals surface area contributed by atoms with Gasteiger partial charge in [-0.2, -0.15) is 0 Å². The molecule has 0 aromatic heterocycles. The Hall–Kier alpha value is -2.31. The van der Waals surface area contributed by atoms with Crippen molar-refractivity contribution in [2.75, 3.05) is 31.1 Å². The van der Waals surface area contributed by atoms with Crippen molar-refractivity contribution in [2.24, 2.45) is 0 Å². The van der Waals surface area contributed by atoms with E-state index in [1.807, 2.05) is 13.8 Å². The first-order valence-electron chi connectivity index (χ1n) is 8.23. The van der Waals surface area contributed by atoms with Crippen molar-refractivity contribution in [3.05, 3.63) is 30.1 Å². The van der Waals surface area contributed by atoms with Crippen LogP contribution < -0.4 is 15.5 Å². The maximum absolute atomic E-state index is 13.0. The number of carbonyl (C=O) groups excluding carboxylic acids is 2. The van der Waals surface area contributed by atoms with Crippen LogP contribution in [-0.2, 0) is 4.79 Å². The van der Waals surface area contributed by atoms with Gasteiger partial charge in [0.15, 0.2) is 0 Å². The van der Waals surface area contributed by atoms with Gasteiger partial charge in [0, 0.05) is 37.9 Å². The number of halogens is 1. The minimum absolute atomic E-state index is 0.0381. The summed E-state index contributed by atoms with van der Waals surface area (Å²) in [6.45, 7) is 7.88. The van der Waals surface area contributed by atoms with Crippen LogP contribution in [0.15, 0.2) is 24.3 Å². The Bertz CT molecular complexity index is 568. The molecule has 0 spiro atoms. The summed E-state index contributed by atoms with van der Waals surface area (Å²) < 4.78 is 13.0. The zero-order valence-corrected chi connectivity index (χ0v) is 14.4. The monoisotopic (exact) mass is 336 g/mol. The molecule has 6 nitrogen and oxygen atoms in total. The molecule has 2 N–H and O–H groups in total. The predicted molar refractivity (Wildman–Crippen MR) is 91.5 cm³/mol. The number of hydrogen-bond acceptors (Lipinski definition) is 3. The van der Waals surface area contributed by atoms with Crippen molar-refractivity contribution < 1.29 is 14.0 Å². The number of piperazine rings is 1. The first kappa shape index (κ1) is 18.0. The molecule has 0 radical (unpaired) electrons. The van der Waals surface area contributed by atoms with Gasteiger partial charge in [0.1, 0.15) is 11.9 Å². The standard InChI is InChI=1S/C17H25FN4O2/c1-12(2)19-16(23)13(3)20-17(24)22-10-8-21(9-11-22)15-6-4-14(18)5-7-15/h4-7,12-13H,8-11H2,1-3H3,(H,19,23)(H,20,24)/t13-/m0/s1. The molecule has 1 aromatic rings. The number of nitrogens with zero attached hydrogens (tertiary/aromatic N) is 2. The van der Waals surface area contributed by atoms with Gasteiger partial charge in [-0.1, -0.05) is 0 Å². The number of amides is 3. The van der Waals surface area contributed by atoms with Gasteiger partial charge in [-0.05, 0) is 45.0 Å². The molecule has 0 bridgehead atoms. The van der Waals surface area contributed by atoms with E-state index in [2.05, 4.69) is 15.5 Å². The third-order valence-electron chi connectivity index (χ3n) is 3.92. The molecule has 1 fully saturated rings. The second-order valence-electron chi connectivity index (χ2n) is 6.28. The van der Waals surface area contributed by atoms with Crippen molar-refractivity contribution in [3.8, 4) is 0 Å². The molecule has 2 rings (SSSR count). The Morgan fingerprint density at radius 3 is 2.12 bits per heavy atom. The lowest BCUT2D eigenvalue weighted by Gasteiger charge is -2.36. The van der Waals surface area contributed by atoms with Crippen LogP contribution in [0.25, 0.3) is 0 Å². The molecular weight excluding hydrogens is 311 g/mol. The van der Waals surface area contributed by atoms with Crippen LogP contribution in [0, 0.1) is 5.82 Å². The maximum atomic E-state index is 13.0. The number of hydrogen-bond donors (Lipinski definition) is 2. The first-order chi connectivity index (χ1) is 11.4. The van der Waals surface area contributed by atoms with Crippen LogP contribution in [0.5, 0.6) is 0 Å². The SMILES string of the molecule is CC(C)NC(=O)[C@H](C)NC(=O)N1CCN(c2ccc(F)cc2)CC1. The minimum atomic E-state index is -0.574. The lowest BCUT2D eigenvalue weighted by molar-refractivity contribution is -0.123. The molecule has 1 heterocycles. The molecule has 1 aliphatic rings. The predicted octanol–water partition coefficient (Wildman–Crippen LogP) is 1.57. The smallest absolute Gasteiger partial charge is 0.318 e. The van der Waals surface area contributed by atoms with Crippen molar-refractivity contribution in [2.45, 2.75) is 32.9 Å². The third kappa shape index (κ3) is 4.84. The van der Waals surface area contributed by atoms with Gasteiger partial charge in [0.2, 0.25) is 5.91 Å². The van der Waals surface area contributed by atoms with Crippen molar-refractivity contribution in [1.29, 1.82) is 0 Å². The number of benzene rings is 1. The number of rotatable bonds is 4. The summed E-state index contributed by atoms with van der Waals surface area (Å²) in [7, 11) is 0. The highest BCUT2D eigenvalue weighted by atomic mass is 19.1. The van der Waals surface area contributed by atoms with E-state index in [4.69, 9.17) is 0 Å².